The van der Waals surface area contributed by atoms with E-state index in [1.54, 1.807) is 0 Å². The molecule has 0 aliphatic carbocycles. The van der Waals surface area contributed by atoms with Crippen molar-refractivity contribution in [1.82, 2.24) is 14.7 Å². The molecule has 3 fully saturated rings. The molecule has 3 heterocycles. The Bertz CT molecular complexity index is 657. The number of hydrogen-bond acceptors (Lipinski definition) is 4. The highest BCUT2D eigenvalue weighted by atomic mass is 35.5. The molecule has 160 valence electrons. The Morgan fingerprint density at radius 1 is 1.00 bits per heavy atom. The third kappa shape index (κ3) is 5.32. The molecule has 0 unspecified atom stereocenters. The summed E-state index contributed by atoms with van der Waals surface area (Å²) in [5.74, 6) is 0.264. The molecule has 0 spiro atoms. The van der Waals surface area contributed by atoms with Gasteiger partial charge in [0.2, 0.25) is 5.91 Å². The van der Waals surface area contributed by atoms with Crippen LogP contribution in [-0.2, 0) is 9.53 Å². The van der Waals surface area contributed by atoms with Crippen LogP contribution in [0.1, 0.15) is 50.1 Å². The van der Waals surface area contributed by atoms with Gasteiger partial charge in [0.05, 0.1) is 13.2 Å². The largest absolute Gasteiger partial charge is 0.379 e. The lowest BCUT2D eigenvalue weighted by atomic mass is 9.95. The lowest BCUT2D eigenvalue weighted by molar-refractivity contribution is -0.143. The molecular formula is C23H34ClN3O2. The number of piperidine rings is 1. The Labute approximate surface area is 179 Å². The normalized spacial score (nSPS) is 25.3. The third-order valence-corrected chi connectivity index (χ3v) is 6.97. The van der Waals surface area contributed by atoms with Gasteiger partial charge in [-0.25, -0.2) is 0 Å². The van der Waals surface area contributed by atoms with E-state index < -0.39 is 0 Å². The lowest BCUT2D eigenvalue weighted by Gasteiger charge is -2.42. The van der Waals surface area contributed by atoms with Crippen molar-refractivity contribution in [3.8, 4) is 0 Å². The fraction of sp³-hybridized carbons (Fsp3) is 0.696. The summed E-state index contributed by atoms with van der Waals surface area (Å²) in [4.78, 5) is 20.9. The number of morpholine rings is 1. The maximum absolute atomic E-state index is 13.9. The van der Waals surface area contributed by atoms with Gasteiger partial charge in [-0.2, -0.15) is 0 Å². The van der Waals surface area contributed by atoms with Gasteiger partial charge in [-0.05, 0) is 69.3 Å². The number of halogens is 1. The first-order valence-corrected chi connectivity index (χ1v) is 11.7. The molecule has 6 heteroatoms. The Morgan fingerprint density at radius 2 is 1.69 bits per heavy atom. The number of hydrogen-bond donors (Lipinski definition) is 0. The van der Waals surface area contributed by atoms with Gasteiger partial charge in [-0.3, -0.25) is 9.69 Å². The molecule has 1 amide bonds. The molecule has 1 aromatic carbocycles. The molecule has 3 saturated heterocycles. The van der Waals surface area contributed by atoms with Crippen molar-refractivity contribution in [3.63, 3.8) is 0 Å². The smallest absolute Gasteiger partial charge is 0.244 e. The first-order chi connectivity index (χ1) is 14.2. The quantitative estimate of drug-likeness (QED) is 0.706. The van der Waals surface area contributed by atoms with Gasteiger partial charge in [0.1, 0.15) is 6.04 Å². The zero-order chi connectivity index (χ0) is 20.1. The molecule has 2 atom stereocenters. The maximum Gasteiger partial charge on any atom is 0.244 e. The Morgan fingerprint density at radius 3 is 2.41 bits per heavy atom. The minimum atomic E-state index is -0.233. The second-order valence-corrected chi connectivity index (χ2v) is 9.06. The van der Waals surface area contributed by atoms with E-state index in [1.165, 1.54) is 32.4 Å². The number of nitrogens with zero attached hydrogens (tertiary/aromatic N) is 3. The molecule has 3 aliphatic heterocycles. The molecular weight excluding hydrogens is 386 g/mol. The highest BCUT2D eigenvalue weighted by Gasteiger charge is 2.36. The lowest BCUT2D eigenvalue weighted by Crippen LogP contribution is -2.52. The fourth-order valence-corrected chi connectivity index (χ4v) is 5.20. The van der Waals surface area contributed by atoms with E-state index in [0.717, 1.165) is 51.0 Å². The Kier molecular flexibility index (Phi) is 7.46. The van der Waals surface area contributed by atoms with Crippen LogP contribution in [0.5, 0.6) is 0 Å². The molecule has 0 N–H and O–H groups in total. The topological polar surface area (TPSA) is 36.0 Å². The van der Waals surface area contributed by atoms with E-state index in [4.69, 9.17) is 16.3 Å². The van der Waals surface area contributed by atoms with Gasteiger partial charge >= 0.3 is 0 Å². The van der Waals surface area contributed by atoms with Crippen LogP contribution in [0.25, 0.3) is 0 Å². The van der Waals surface area contributed by atoms with Gasteiger partial charge in [-0.1, -0.05) is 23.7 Å². The molecule has 5 nitrogen and oxygen atoms in total. The third-order valence-electron chi connectivity index (χ3n) is 6.72. The average Bonchev–Trinajstić information content (AvgIpc) is 3.28. The zero-order valence-corrected chi connectivity index (χ0v) is 18.2. The van der Waals surface area contributed by atoms with Gasteiger partial charge in [-0.15, -0.1) is 0 Å². The summed E-state index contributed by atoms with van der Waals surface area (Å²) in [6.07, 6.45) is 7.23. The van der Waals surface area contributed by atoms with Crippen LogP contribution < -0.4 is 0 Å². The number of carbonyl (C=O) groups is 1. The molecule has 4 rings (SSSR count). The molecule has 3 aliphatic rings. The number of likely N-dealkylation sites (tertiary alicyclic amines) is 2. The van der Waals surface area contributed by atoms with Crippen molar-refractivity contribution in [1.29, 1.82) is 0 Å². The van der Waals surface area contributed by atoms with Gasteiger partial charge < -0.3 is 14.5 Å². The Balaban J connectivity index is 1.51. The molecule has 1 aromatic rings. The summed E-state index contributed by atoms with van der Waals surface area (Å²) in [6.45, 7) is 7.43. The monoisotopic (exact) mass is 419 g/mol. The molecule has 0 saturated carbocycles. The number of benzene rings is 1. The van der Waals surface area contributed by atoms with E-state index in [-0.39, 0.29) is 11.9 Å². The molecule has 0 radical (unpaired) electrons. The number of rotatable bonds is 6. The fourth-order valence-electron chi connectivity index (χ4n) is 5.08. The predicted molar refractivity (Wildman–Crippen MR) is 116 cm³/mol. The van der Waals surface area contributed by atoms with Gasteiger partial charge in [0, 0.05) is 37.2 Å². The average molecular weight is 420 g/mol. The summed E-state index contributed by atoms with van der Waals surface area (Å²) in [5.41, 5.74) is 1.05. The van der Waals surface area contributed by atoms with Crippen LogP contribution in [0.4, 0.5) is 0 Å². The predicted octanol–water partition coefficient (Wildman–Crippen LogP) is 3.58. The molecule has 29 heavy (non-hydrogen) atoms. The van der Waals surface area contributed by atoms with Crippen molar-refractivity contribution in [2.45, 2.75) is 50.6 Å². The summed E-state index contributed by atoms with van der Waals surface area (Å²) >= 11 is 6.12. The molecule has 0 bridgehead atoms. The second kappa shape index (κ2) is 10.3. The number of ether oxygens (including phenoxy) is 1. The highest BCUT2D eigenvalue weighted by Crippen LogP contribution is 2.30. The minimum absolute atomic E-state index is 0.233. The van der Waals surface area contributed by atoms with Crippen molar-refractivity contribution in [2.24, 2.45) is 0 Å². The first kappa shape index (κ1) is 21.1. The van der Waals surface area contributed by atoms with E-state index in [9.17, 15) is 4.79 Å². The van der Waals surface area contributed by atoms with E-state index in [2.05, 4.69) is 14.7 Å². The van der Waals surface area contributed by atoms with Crippen LogP contribution in [0.2, 0.25) is 5.02 Å². The number of carbonyl (C=O) groups excluding carboxylic acids is 1. The SMILES string of the molecule is O=C([C@H](c1ccc(Cl)cc1)N1CCOCC1)N1CCCC[C@@H]1CCN1CCCC1. The van der Waals surface area contributed by atoms with Crippen molar-refractivity contribution in [3.05, 3.63) is 34.9 Å². The van der Waals surface area contributed by atoms with Crippen LogP contribution >= 0.6 is 11.6 Å². The zero-order valence-electron chi connectivity index (χ0n) is 17.4. The van der Waals surface area contributed by atoms with Crippen molar-refractivity contribution in [2.75, 3.05) is 52.5 Å². The van der Waals surface area contributed by atoms with Crippen LogP contribution in [0.15, 0.2) is 24.3 Å². The second-order valence-electron chi connectivity index (χ2n) is 8.62. The molecule has 0 aromatic heterocycles. The van der Waals surface area contributed by atoms with Gasteiger partial charge in [0.15, 0.2) is 0 Å². The van der Waals surface area contributed by atoms with Gasteiger partial charge in [0.25, 0.3) is 0 Å². The first-order valence-electron chi connectivity index (χ1n) is 11.3. The van der Waals surface area contributed by atoms with Crippen molar-refractivity contribution >= 4 is 17.5 Å². The van der Waals surface area contributed by atoms with E-state index >= 15 is 0 Å². The maximum atomic E-state index is 13.9. The summed E-state index contributed by atoms with van der Waals surface area (Å²) in [7, 11) is 0. The van der Waals surface area contributed by atoms with Crippen LogP contribution in [0, 0.1) is 0 Å². The Hall–Kier alpha value is -1.14. The van der Waals surface area contributed by atoms with E-state index in [1.807, 2.05) is 24.3 Å². The minimum Gasteiger partial charge on any atom is -0.379 e. The van der Waals surface area contributed by atoms with Crippen LogP contribution in [0.3, 0.4) is 0 Å². The number of amides is 1. The summed E-state index contributed by atoms with van der Waals surface area (Å²) in [6, 6.07) is 7.97. The van der Waals surface area contributed by atoms with Crippen LogP contribution in [-0.4, -0.2) is 79.1 Å². The summed E-state index contributed by atoms with van der Waals surface area (Å²) in [5, 5.41) is 0.711. The van der Waals surface area contributed by atoms with E-state index in [0.29, 0.717) is 24.3 Å². The summed E-state index contributed by atoms with van der Waals surface area (Å²) < 4.78 is 5.55. The standard InChI is InChI=1S/C23H34ClN3O2/c24-20-8-6-19(7-9-20)22(26-15-17-29-18-16-26)23(28)27-13-2-1-5-21(27)10-14-25-11-3-4-12-25/h6-9,21-22H,1-5,10-18H2/t21-,22+/m1/s1. The van der Waals surface area contributed by atoms with Crippen molar-refractivity contribution < 1.29 is 9.53 Å². The highest BCUT2D eigenvalue weighted by molar-refractivity contribution is 6.30.